The Morgan fingerprint density at radius 3 is 2.56 bits per heavy atom. The van der Waals surface area contributed by atoms with Gasteiger partial charge >= 0.3 is 0 Å². The number of carbonyl (C=O) groups excluding carboxylic acids is 1. The van der Waals surface area contributed by atoms with Crippen molar-refractivity contribution in [3.63, 3.8) is 0 Å². The van der Waals surface area contributed by atoms with Crippen molar-refractivity contribution >= 4 is 35.0 Å². The molecule has 0 aliphatic heterocycles. The number of hydrogen-bond acceptors (Lipinski definition) is 4. The molecule has 0 spiro atoms. The second kappa shape index (κ2) is 8.50. The molecule has 138 valence electrons. The van der Waals surface area contributed by atoms with Gasteiger partial charge in [0, 0.05) is 11.3 Å². The number of aryl methyl sites for hydroxylation is 2. The number of amides is 1. The molecular weight excluding hydrogens is 385 g/mol. The number of nitrogens with zero attached hydrogens (tertiary/aromatic N) is 2. The Bertz CT molecular complexity index is 979. The zero-order chi connectivity index (χ0) is 19.4. The highest BCUT2D eigenvalue weighted by Gasteiger charge is 2.10. The molecule has 1 heterocycles. The molecule has 0 atom stereocenters. The van der Waals surface area contributed by atoms with E-state index in [1.54, 1.807) is 24.3 Å². The largest absolute Gasteiger partial charge is 0.324 e. The first-order valence-electron chi connectivity index (χ1n) is 8.21. The number of anilines is 1. The van der Waals surface area contributed by atoms with Gasteiger partial charge in [0.15, 0.2) is 5.82 Å². The van der Waals surface area contributed by atoms with Crippen molar-refractivity contribution in [2.24, 2.45) is 0 Å². The Balaban J connectivity index is 1.68. The van der Waals surface area contributed by atoms with Gasteiger partial charge in [0.1, 0.15) is 10.8 Å². The molecular formula is C20H17ClFN3OS. The fourth-order valence-corrected chi connectivity index (χ4v) is 3.43. The molecule has 0 bridgehead atoms. The second-order valence-corrected chi connectivity index (χ2v) is 7.40. The molecule has 27 heavy (non-hydrogen) atoms. The maximum atomic E-state index is 13.1. The van der Waals surface area contributed by atoms with E-state index in [1.807, 2.05) is 26.0 Å². The van der Waals surface area contributed by atoms with E-state index >= 15 is 0 Å². The number of rotatable bonds is 5. The van der Waals surface area contributed by atoms with Gasteiger partial charge < -0.3 is 5.32 Å². The fraction of sp³-hybridized carbons (Fsp3) is 0.150. The van der Waals surface area contributed by atoms with E-state index in [0.29, 0.717) is 21.6 Å². The second-order valence-electron chi connectivity index (χ2n) is 6.00. The highest BCUT2D eigenvalue weighted by atomic mass is 35.5. The summed E-state index contributed by atoms with van der Waals surface area (Å²) in [5, 5.41) is 3.98. The summed E-state index contributed by atoms with van der Waals surface area (Å²) in [4.78, 5) is 21.1. The highest BCUT2D eigenvalue weighted by molar-refractivity contribution is 7.99. The van der Waals surface area contributed by atoms with Crippen molar-refractivity contribution in [1.29, 1.82) is 0 Å². The topological polar surface area (TPSA) is 54.9 Å². The molecule has 0 unspecified atom stereocenters. The third-order valence-corrected chi connectivity index (χ3v) is 4.91. The van der Waals surface area contributed by atoms with E-state index in [2.05, 4.69) is 15.3 Å². The number of halogens is 2. The van der Waals surface area contributed by atoms with E-state index in [9.17, 15) is 9.18 Å². The minimum atomic E-state index is -0.313. The lowest BCUT2D eigenvalue weighted by Gasteiger charge is -2.09. The van der Waals surface area contributed by atoms with Crippen LogP contribution in [0.3, 0.4) is 0 Å². The lowest BCUT2D eigenvalue weighted by Crippen LogP contribution is -2.14. The predicted octanol–water partition coefficient (Wildman–Crippen LogP) is 5.28. The molecule has 0 saturated carbocycles. The van der Waals surface area contributed by atoms with E-state index in [0.717, 1.165) is 16.8 Å². The molecule has 0 aliphatic rings. The first kappa shape index (κ1) is 19.3. The zero-order valence-electron chi connectivity index (χ0n) is 14.8. The van der Waals surface area contributed by atoms with Crippen molar-refractivity contribution in [3.8, 4) is 11.4 Å². The van der Waals surface area contributed by atoms with Gasteiger partial charge in [-0.15, -0.1) is 0 Å². The Morgan fingerprint density at radius 2 is 1.85 bits per heavy atom. The van der Waals surface area contributed by atoms with Crippen LogP contribution >= 0.6 is 23.4 Å². The minimum Gasteiger partial charge on any atom is -0.324 e. The minimum absolute atomic E-state index is 0.176. The molecule has 1 aromatic heterocycles. The summed E-state index contributed by atoms with van der Waals surface area (Å²) in [5.41, 5.74) is 3.10. The van der Waals surface area contributed by atoms with E-state index in [4.69, 9.17) is 11.6 Å². The summed E-state index contributed by atoms with van der Waals surface area (Å²) in [6, 6.07) is 13.3. The lowest BCUT2D eigenvalue weighted by atomic mass is 10.2. The number of thioether (sulfide) groups is 1. The molecule has 0 saturated heterocycles. The van der Waals surface area contributed by atoms with Crippen LogP contribution in [0.15, 0.2) is 53.6 Å². The monoisotopic (exact) mass is 401 g/mol. The average Bonchev–Trinajstić information content (AvgIpc) is 2.62. The molecule has 7 heteroatoms. The molecule has 3 rings (SSSR count). The van der Waals surface area contributed by atoms with Gasteiger partial charge in [-0.25, -0.2) is 14.4 Å². The van der Waals surface area contributed by atoms with Gasteiger partial charge in [0.05, 0.1) is 16.5 Å². The standard InChI is InChI=1S/C20H17ClFN3OS/c1-12-3-8-17(16(21)9-12)24-18(26)11-27-19-10-13(2)23-20(25-19)14-4-6-15(22)7-5-14/h3-10H,11H2,1-2H3,(H,24,26). The molecule has 0 aliphatic carbocycles. The van der Waals surface area contributed by atoms with E-state index in [-0.39, 0.29) is 17.5 Å². The van der Waals surface area contributed by atoms with Gasteiger partial charge in [-0.2, -0.15) is 0 Å². The average molecular weight is 402 g/mol. The number of aromatic nitrogens is 2. The normalized spacial score (nSPS) is 10.7. The lowest BCUT2D eigenvalue weighted by molar-refractivity contribution is -0.113. The summed E-state index contributed by atoms with van der Waals surface area (Å²) in [6.07, 6.45) is 0. The van der Waals surface area contributed by atoms with Crippen molar-refractivity contribution in [3.05, 3.63) is 70.6 Å². The van der Waals surface area contributed by atoms with Crippen LogP contribution in [0.2, 0.25) is 5.02 Å². The van der Waals surface area contributed by atoms with Crippen LogP contribution in [-0.2, 0) is 4.79 Å². The Hall–Kier alpha value is -2.44. The van der Waals surface area contributed by atoms with Crippen LogP contribution in [-0.4, -0.2) is 21.6 Å². The zero-order valence-corrected chi connectivity index (χ0v) is 16.4. The molecule has 0 fully saturated rings. The summed E-state index contributed by atoms with van der Waals surface area (Å²) < 4.78 is 13.1. The van der Waals surface area contributed by atoms with Crippen LogP contribution < -0.4 is 5.32 Å². The van der Waals surface area contributed by atoms with Gasteiger partial charge in [-0.05, 0) is 61.9 Å². The SMILES string of the molecule is Cc1ccc(NC(=O)CSc2cc(C)nc(-c3ccc(F)cc3)n2)c(Cl)c1. The Kier molecular flexibility index (Phi) is 6.08. The quantitative estimate of drug-likeness (QED) is 0.466. The summed E-state index contributed by atoms with van der Waals surface area (Å²) >= 11 is 7.45. The number of carbonyl (C=O) groups is 1. The van der Waals surface area contributed by atoms with Gasteiger partial charge in [-0.1, -0.05) is 29.4 Å². The van der Waals surface area contributed by atoms with Crippen LogP contribution in [0.25, 0.3) is 11.4 Å². The molecule has 2 aromatic carbocycles. The number of benzene rings is 2. The van der Waals surface area contributed by atoms with Gasteiger partial charge in [0.25, 0.3) is 0 Å². The Labute approximate surface area is 166 Å². The van der Waals surface area contributed by atoms with Crippen molar-refractivity contribution < 1.29 is 9.18 Å². The third kappa shape index (κ3) is 5.28. The third-order valence-electron chi connectivity index (χ3n) is 3.68. The fourth-order valence-electron chi connectivity index (χ4n) is 2.39. The summed E-state index contributed by atoms with van der Waals surface area (Å²) in [5.74, 6) is 0.195. The van der Waals surface area contributed by atoms with Crippen LogP contribution in [0, 0.1) is 19.7 Å². The molecule has 4 nitrogen and oxygen atoms in total. The predicted molar refractivity (Wildman–Crippen MR) is 108 cm³/mol. The van der Waals surface area contributed by atoms with E-state index < -0.39 is 0 Å². The van der Waals surface area contributed by atoms with Crippen molar-refractivity contribution in [2.45, 2.75) is 18.9 Å². The number of hydrogen-bond donors (Lipinski definition) is 1. The van der Waals surface area contributed by atoms with E-state index in [1.165, 1.54) is 23.9 Å². The van der Waals surface area contributed by atoms with Gasteiger partial charge in [-0.3, -0.25) is 4.79 Å². The highest BCUT2D eigenvalue weighted by Crippen LogP contribution is 2.25. The molecule has 3 aromatic rings. The van der Waals surface area contributed by atoms with Crippen molar-refractivity contribution in [1.82, 2.24) is 9.97 Å². The molecule has 1 amide bonds. The van der Waals surface area contributed by atoms with Gasteiger partial charge in [0.2, 0.25) is 5.91 Å². The first-order chi connectivity index (χ1) is 12.9. The summed E-state index contributed by atoms with van der Waals surface area (Å²) in [6.45, 7) is 3.79. The molecule has 0 radical (unpaired) electrons. The van der Waals surface area contributed by atoms with Crippen LogP contribution in [0.5, 0.6) is 0 Å². The maximum absolute atomic E-state index is 13.1. The maximum Gasteiger partial charge on any atom is 0.234 e. The van der Waals surface area contributed by atoms with Crippen LogP contribution in [0.4, 0.5) is 10.1 Å². The smallest absolute Gasteiger partial charge is 0.234 e. The Morgan fingerprint density at radius 1 is 1.11 bits per heavy atom. The van der Waals surface area contributed by atoms with Crippen LogP contribution in [0.1, 0.15) is 11.3 Å². The molecule has 1 N–H and O–H groups in total. The first-order valence-corrected chi connectivity index (χ1v) is 9.57. The van der Waals surface area contributed by atoms with Crippen molar-refractivity contribution in [2.75, 3.05) is 11.1 Å². The number of nitrogens with one attached hydrogen (secondary N) is 1. The summed E-state index contributed by atoms with van der Waals surface area (Å²) in [7, 11) is 0.